The molecule has 0 radical (unpaired) electrons. The first-order valence-corrected chi connectivity index (χ1v) is 10.8. The fourth-order valence-electron chi connectivity index (χ4n) is 3.58. The summed E-state index contributed by atoms with van der Waals surface area (Å²) < 4.78 is 14.3. The van der Waals surface area contributed by atoms with Crippen LogP contribution in [0, 0.1) is 6.92 Å². The molecule has 3 aromatic rings. The number of likely N-dealkylation sites (tertiary alicyclic amines) is 1. The number of furan rings is 1. The fourth-order valence-corrected chi connectivity index (χ4v) is 4.05. The Kier molecular flexibility index (Phi) is 5.89. The number of benzene rings is 1. The lowest BCUT2D eigenvalue weighted by atomic mass is 10.1. The van der Waals surface area contributed by atoms with Crippen molar-refractivity contribution in [1.82, 2.24) is 13.6 Å². The molecule has 0 saturated carbocycles. The zero-order chi connectivity index (χ0) is 21.1. The quantitative estimate of drug-likeness (QED) is 0.470. The third kappa shape index (κ3) is 4.11. The number of nitrogens with zero attached hydrogens (tertiary/aromatic N) is 3. The molecular formula is C21H25N5O3S. The largest absolute Gasteiger partial charge is 0.505 e. The van der Waals surface area contributed by atoms with E-state index < -0.39 is 0 Å². The highest BCUT2D eigenvalue weighted by Gasteiger charge is 2.24. The van der Waals surface area contributed by atoms with E-state index in [1.807, 2.05) is 13.0 Å². The number of nitrogens with one attached hydrogen (secondary N) is 2. The number of para-hydroxylation sites is 1. The Balaban J connectivity index is 1.54. The molecule has 9 heteroatoms. The molecule has 8 nitrogen and oxygen atoms in total. The molecule has 1 fully saturated rings. The van der Waals surface area contributed by atoms with Crippen LogP contribution >= 0.6 is 11.7 Å². The number of rotatable bonds is 7. The third-order valence-electron chi connectivity index (χ3n) is 5.21. The fraction of sp³-hybridized carbons (Fsp3) is 0.381. The van der Waals surface area contributed by atoms with Crippen LogP contribution in [0.4, 0.5) is 17.3 Å². The van der Waals surface area contributed by atoms with E-state index in [0.717, 1.165) is 55.4 Å². The average Bonchev–Trinajstić information content (AvgIpc) is 3.50. The summed E-state index contributed by atoms with van der Waals surface area (Å²) in [5.41, 5.74) is 1.76. The highest BCUT2D eigenvalue weighted by molar-refractivity contribution is 6.99. The van der Waals surface area contributed by atoms with E-state index in [0.29, 0.717) is 17.3 Å². The van der Waals surface area contributed by atoms with Crippen molar-refractivity contribution in [3.63, 3.8) is 0 Å². The second-order valence-electron chi connectivity index (χ2n) is 7.42. The summed E-state index contributed by atoms with van der Waals surface area (Å²) in [6.45, 7) is 5.49. The Morgan fingerprint density at radius 2 is 2.07 bits per heavy atom. The summed E-state index contributed by atoms with van der Waals surface area (Å²) in [6, 6.07) is 7.05. The van der Waals surface area contributed by atoms with Crippen LogP contribution in [0.5, 0.6) is 5.75 Å². The predicted octanol–water partition coefficient (Wildman–Crippen LogP) is 4.69. The van der Waals surface area contributed by atoms with Crippen molar-refractivity contribution in [2.75, 3.05) is 23.7 Å². The van der Waals surface area contributed by atoms with E-state index in [-0.39, 0.29) is 23.3 Å². The molecule has 1 atom stereocenters. The third-order valence-corrected chi connectivity index (χ3v) is 5.74. The minimum absolute atomic E-state index is 0.0557. The molecule has 1 saturated heterocycles. The lowest BCUT2D eigenvalue weighted by Crippen LogP contribution is -2.27. The maximum absolute atomic E-state index is 12.7. The maximum Gasteiger partial charge on any atom is 0.257 e. The van der Waals surface area contributed by atoms with Crippen molar-refractivity contribution in [1.29, 1.82) is 0 Å². The first-order valence-electron chi connectivity index (χ1n) is 10.1. The van der Waals surface area contributed by atoms with Crippen LogP contribution in [0.3, 0.4) is 0 Å². The van der Waals surface area contributed by atoms with Gasteiger partial charge < -0.3 is 25.1 Å². The average molecular weight is 428 g/mol. The van der Waals surface area contributed by atoms with Crippen LogP contribution in [0.2, 0.25) is 0 Å². The van der Waals surface area contributed by atoms with E-state index in [4.69, 9.17) is 4.42 Å². The van der Waals surface area contributed by atoms with Crippen molar-refractivity contribution in [2.45, 2.75) is 39.2 Å². The van der Waals surface area contributed by atoms with Crippen LogP contribution in [0.25, 0.3) is 0 Å². The molecular weight excluding hydrogens is 402 g/mol. The number of aryl methyl sites for hydroxylation is 1. The minimum Gasteiger partial charge on any atom is -0.505 e. The van der Waals surface area contributed by atoms with Gasteiger partial charge in [0.05, 0.1) is 35.3 Å². The monoisotopic (exact) mass is 427 g/mol. The molecule has 2 aromatic heterocycles. The highest BCUT2D eigenvalue weighted by atomic mass is 32.1. The molecule has 4 rings (SSSR count). The summed E-state index contributed by atoms with van der Waals surface area (Å²) in [6.07, 6.45) is 4.52. The lowest BCUT2D eigenvalue weighted by molar-refractivity contribution is 0.0790. The number of carbonyl (C=O) groups excluding carboxylic acids is 1. The Labute approximate surface area is 179 Å². The van der Waals surface area contributed by atoms with Crippen LogP contribution in [-0.4, -0.2) is 37.8 Å². The number of amides is 1. The Morgan fingerprint density at radius 3 is 2.77 bits per heavy atom. The van der Waals surface area contributed by atoms with Crippen LogP contribution < -0.4 is 10.6 Å². The second-order valence-corrected chi connectivity index (χ2v) is 7.95. The van der Waals surface area contributed by atoms with Gasteiger partial charge in [-0.05, 0) is 49.9 Å². The molecule has 1 aromatic carbocycles. The van der Waals surface area contributed by atoms with Crippen LogP contribution in [-0.2, 0) is 0 Å². The number of hydrogen-bond donors (Lipinski definition) is 3. The number of aromatic hydroxyl groups is 1. The highest BCUT2D eigenvalue weighted by Crippen LogP contribution is 2.34. The number of phenolic OH excluding ortho intramolecular Hbond substituents is 1. The number of hydrogen-bond acceptors (Lipinski definition) is 8. The Morgan fingerprint density at radius 1 is 1.30 bits per heavy atom. The Hall–Kier alpha value is -3.07. The molecule has 1 aliphatic rings. The minimum atomic E-state index is -0.150. The molecule has 30 heavy (non-hydrogen) atoms. The van der Waals surface area contributed by atoms with E-state index in [1.54, 1.807) is 29.4 Å². The molecule has 0 spiro atoms. The molecule has 3 heterocycles. The van der Waals surface area contributed by atoms with Crippen molar-refractivity contribution >= 4 is 35.0 Å². The summed E-state index contributed by atoms with van der Waals surface area (Å²) >= 11 is 1.06. The standard InChI is InChI=1S/C21H25N5O3S/c1-3-15(17-11-13(2)12-29-17)22-19-20(25-30-24-19)23-16-8-6-7-14(18(16)27)21(28)26-9-4-5-10-26/h6-8,11-12,15,27H,3-5,9-10H2,1-2H3,(H,22,24)(H,23,25)/t15-/m1/s1. The van der Waals surface area contributed by atoms with E-state index in [2.05, 4.69) is 26.3 Å². The van der Waals surface area contributed by atoms with Gasteiger partial charge in [-0.1, -0.05) is 13.0 Å². The van der Waals surface area contributed by atoms with Crippen LogP contribution in [0.1, 0.15) is 53.9 Å². The number of phenols is 1. The van der Waals surface area contributed by atoms with Gasteiger partial charge in [-0.25, -0.2) is 0 Å². The van der Waals surface area contributed by atoms with Gasteiger partial charge in [0.2, 0.25) is 0 Å². The second kappa shape index (κ2) is 8.74. The number of anilines is 3. The number of aromatic nitrogens is 2. The SMILES string of the molecule is CC[C@@H](Nc1nsnc1Nc1cccc(C(=O)N2CCCC2)c1O)c1cc(C)co1. The van der Waals surface area contributed by atoms with Crippen molar-refractivity contribution in [3.05, 3.63) is 47.4 Å². The zero-order valence-electron chi connectivity index (χ0n) is 17.0. The van der Waals surface area contributed by atoms with Gasteiger partial charge in [0.1, 0.15) is 5.76 Å². The van der Waals surface area contributed by atoms with E-state index in [1.165, 1.54) is 0 Å². The van der Waals surface area contributed by atoms with E-state index >= 15 is 0 Å². The Bertz CT molecular complexity index is 1030. The zero-order valence-corrected chi connectivity index (χ0v) is 17.8. The molecule has 0 aliphatic carbocycles. The first kappa shape index (κ1) is 20.2. The molecule has 1 aliphatic heterocycles. The summed E-state index contributed by atoms with van der Waals surface area (Å²) in [4.78, 5) is 14.5. The van der Waals surface area contributed by atoms with Crippen molar-refractivity contribution < 1.29 is 14.3 Å². The van der Waals surface area contributed by atoms with Crippen molar-refractivity contribution in [2.24, 2.45) is 0 Å². The topological polar surface area (TPSA) is 104 Å². The summed E-state index contributed by atoms with van der Waals surface area (Å²) in [5.74, 6) is 1.65. The molecule has 3 N–H and O–H groups in total. The van der Waals surface area contributed by atoms with E-state index in [9.17, 15) is 9.90 Å². The predicted molar refractivity (Wildman–Crippen MR) is 117 cm³/mol. The van der Waals surface area contributed by atoms with Gasteiger partial charge in [-0.15, -0.1) is 0 Å². The van der Waals surface area contributed by atoms with Gasteiger partial charge in [-0.2, -0.15) is 8.75 Å². The smallest absolute Gasteiger partial charge is 0.257 e. The lowest BCUT2D eigenvalue weighted by Gasteiger charge is -2.18. The van der Waals surface area contributed by atoms with Gasteiger partial charge in [0.25, 0.3) is 5.91 Å². The molecule has 1 amide bonds. The first-order chi connectivity index (χ1) is 14.6. The van der Waals surface area contributed by atoms with Crippen molar-refractivity contribution in [3.8, 4) is 5.75 Å². The molecule has 158 valence electrons. The summed E-state index contributed by atoms with van der Waals surface area (Å²) in [5, 5.41) is 17.2. The van der Waals surface area contributed by atoms with Gasteiger partial charge in [0, 0.05) is 13.1 Å². The summed E-state index contributed by atoms with van der Waals surface area (Å²) in [7, 11) is 0. The maximum atomic E-state index is 12.7. The number of carbonyl (C=O) groups is 1. The van der Waals surface area contributed by atoms with Gasteiger partial charge in [0.15, 0.2) is 17.4 Å². The molecule has 0 unspecified atom stereocenters. The van der Waals surface area contributed by atoms with Crippen LogP contribution in [0.15, 0.2) is 34.9 Å². The normalized spacial score (nSPS) is 14.7. The molecule has 0 bridgehead atoms. The van der Waals surface area contributed by atoms with Gasteiger partial charge >= 0.3 is 0 Å². The van der Waals surface area contributed by atoms with Gasteiger partial charge in [-0.3, -0.25) is 4.79 Å².